The average molecular weight is 233 g/mol. The molecule has 0 amide bonds. The molecule has 0 unspecified atom stereocenters. The summed E-state index contributed by atoms with van der Waals surface area (Å²) < 4.78 is 0. The van der Waals surface area contributed by atoms with Gasteiger partial charge >= 0.3 is 0 Å². The highest BCUT2D eigenvalue weighted by atomic mass is 15.1. The van der Waals surface area contributed by atoms with Crippen molar-refractivity contribution in [3.05, 3.63) is 18.5 Å². The van der Waals surface area contributed by atoms with Gasteiger partial charge in [0.15, 0.2) is 0 Å². The number of nitrogens with one attached hydrogen (secondary N) is 1. The second-order valence-electron chi connectivity index (χ2n) is 5.33. The molecule has 3 heteroatoms. The van der Waals surface area contributed by atoms with Crippen molar-refractivity contribution in [3.8, 4) is 0 Å². The molecule has 0 spiro atoms. The first kappa shape index (κ1) is 12.2. The maximum atomic E-state index is 4.28. The van der Waals surface area contributed by atoms with Crippen molar-refractivity contribution in [1.82, 2.24) is 4.98 Å². The van der Waals surface area contributed by atoms with Gasteiger partial charge in [0, 0.05) is 20.1 Å². The molecule has 1 N–H and O–H groups in total. The van der Waals surface area contributed by atoms with Gasteiger partial charge in [-0.1, -0.05) is 20.3 Å². The van der Waals surface area contributed by atoms with Gasteiger partial charge in [-0.3, -0.25) is 4.98 Å². The first-order valence-corrected chi connectivity index (χ1v) is 6.54. The molecule has 1 fully saturated rings. The number of piperidine rings is 1. The van der Waals surface area contributed by atoms with Crippen molar-refractivity contribution in [2.24, 2.45) is 5.41 Å². The van der Waals surface area contributed by atoms with Crippen molar-refractivity contribution in [2.45, 2.75) is 33.1 Å². The smallest absolute Gasteiger partial charge is 0.0573 e. The number of rotatable bonds is 3. The third-order valence-corrected chi connectivity index (χ3v) is 4.20. The highest BCUT2D eigenvalue weighted by Gasteiger charge is 2.28. The van der Waals surface area contributed by atoms with Gasteiger partial charge < -0.3 is 10.2 Å². The van der Waals surface area contributed by atoms with E-state index in [-0.39, 0.29) is 0 Å². The van der Waals surface area contributed by atoms with Crippen LogP contribution in [0, 0.1) is 5.41 Å². The van der Waals surface area contributed by atoms with Crippen molar-refractivity contribution >= 4 is 11.4 Å². The number of hydrogen-bond acceptors (Lipinski definition) is 3. The SMILES string of the molecule is CCC1(C)CCN(c2cncc(NC)c2)CC1. The zero-order chi connectivity index (χ0) is 12.3. The molecule has 1 aliphatic heterocycles. The van der Waals surface area contributed by atoms with Gasteiger partial charge in [-0.2, -0.15) is 0 Å². The molecule has 0 atom stereocenters. The van der Waals surface area contributed by atoms with Crippen LogP contribution in [0.5, 0.6) is 0 Å². The molecule has 0 aromatic carbocycles. The summed E-state index contributed by atoms with van der Waals surface area (Å²) in [6, 6.07) is 2.18. The molecule has 17 heavy (non-hydrogen) atoms. The van der Waals surface area contributed by atoms with Crippen molar-refractivity contribution in [1.29, 1.82) is 0 Å². The highest BCUT2D eigenvalue weighted by molar-refractivity contribution is 5.55. The number of pyridine rings is 1. The molecule has 0 aliphatic carbocycles. The lowest BCUT2D eigenvalue weighted by molar-refractivity contribution is 0.238. The topological polar surface area (TPSA) is 28.2 Å². The predicted molar refractivity (Wildman–Crippen MR) is 73.6 cm³/mol. The zero-order valence-corrected chi connectivity index (χ0v) is 11.2. The van der Waals surface area contributed by atoms with Crippen molar-refractivity contribution in [3.63, 3.8) is 0 Å². The lowest BCUT2D eigenvalue weighted by Gasteiger charge is -2.40. The minimum atomic E-state index is 0.546. The molecule has 1 aromatic rings. The fraction of sp³-hybridized carbons (Fsp3) is 0.643. The molecular formula is C14H23N3. The molecule has 2 rings (SSSR count). The van der Waals surface area contributed by atoms with Crippen molar-refractivity contribution in [2.75, 3.05) is 30.4 Å². The standard InChI is InChI=1S/C14H23N3/c1-4-14(2)5-7-17(8-6-14)13-9-12(15-3)10-16-11-13/h9-11,15H,4-8H2,1-3H3. The van der Waals surface area contributed by atoms with E-state index in [1.807, 2.05) is 19.4 Å². The summed E-state index contributed by atoms with van der Waals surface area (Å²) in [5, 5.41) is 3.14. The molecule has 1 saturated heterocycles. The van der Waals surface area contributed by atoms with Gasteiger partial charge in [0.2, 0.25) is 0 Å². The van der Waals surface area contributed by atoms with Gasteiger partial charge in [-0.05, 0) is 24.3 Å². The summed E-state index contributed by atoms with van der Waals surface area (Å²) in [6.07, 6.45) is 7.69. The van der Waals surface area contributed by atoms with E-state index >= 15 is 0 Å². The van der Waals surface area contributed by atoms with E-state index in [2.05, 4.69) is 35.1 Å². The molecule has 1 aromatic heterocycles. The van der Waals surface area contributed by atoms with E-state index in [0.717, 1.165) is 18.8 Å². The van der Waals surface area contributed by atoms with Crippen molar-refractivity contribution < 1.29 is 0 Å². The Morgan fingerprint density at radius 1 is 1.35 bits per heavy atom. The van der Waals surface area contributed by atoms with Crippen LogP contribution < -0.4 is 10.2 Å². The van der Waals surface area contributed by atoms with E-state index in [9.17, 15) is 0 Å². The van der Waals surface area contributed by atoms with E-state index in [4.69, 9.17) is 0 Å². The molecule has 0 saturated carbocycles. The maximum absolute atomic E-state index is 4.28. The Morgan fingerprint density at radius 2 is 2.06 bits per heavy atom. The van der Waals surface area contributed by atoms with Crippen LogP contribution in [-0.4, -0.2) is 25.1 Å². The number of aromatic nitrogens is 1. The Kier molecular flexibility index (Phi) is 3.55. The van der Waals surface area contributed by atoms with Crippen LogP contribution in [0.1, 0.15) is 33.1 Å². The highest BCUT2D eigenvalue weighted by Crippen LogP contribution is 2.35. The van der Waals surface area contributed by atoms with Gasteiger partial charge in [-0.25, -0.2) is 0 Å². The summed E-state index contributed by atoms with van der Waals surface area (Å²) in [6.45, 7) is 7.02. The Morgan fingerprint density at radius 3 is 2.65 bits per heavy atom. The number of anilines is 2. The van der Waals surface area contributed by atoms with E-state index in [1.54, 1.807) is 0 Å². The van der Waals surface area contributed by atoms with Crippen LogP contribution in [0.2, 0.25) is 0 Å². The minimum absolute atomic E-state index is 0.546. The van der Waals surface area contributed by atoms with Crippen LogP contribution >= 0.6 is 0 Å². The van der Waals surface area contributed by atoms with Gasteiger partial charge in [0.25, 0.3) is 0 Å². The Bertz CT molecular complexity index is 367. The van der Waals surface area contributed by atoms with Gasteiger partial charge in [0.05, 0.1) is 23.8 Å². The van der Waals surface area contributed by atoms with Crippen LogP contribution in [0.15, 0.2) is 18.5 Å². The molecule has 3 nitrogen and oxygen atoms in total. The molecule has 0 bridgehead atoms. The van der Waals surface area contributed by atoms with Crippen LogP contribution in [0.4, 0.5) is 11.4 Å². The fourth-order valence-corrected chi connectivity index (χ4v) is 2.40. The number of nitrogens with zero attached hydrogens (tertiary/aromatic N) is 2. The third-order valence-electron chi connectivity index (χ3n) is 4.20. The summed E-state index contributed by atoms with van der Waals surface area (Å²) in [4.78, 5) is 6.73. The molecule has 94 valence electrons. The summed E-state index contributed by atoms with van der Waals surface area (Å²) >= 11 is 0. The normalized spacial score (nSPS) is 19.1. The second kappa shape index (κ2) is 4.94. The predicted octanol–water partition coefficient (Wildman–Crippen LogP) is 3.14. The summed E-state index contributed by atoms with van der Waals surface area (Å²) in [5.74, 6) is 0. The van der Waals surface area contributed by atoms with Gasteiger partial charge in [-0.15, -0.1) is 0 Å². The minimum Gasteiger partial charge on any atom is -0.387 e. The fourth-order valence-electron chi connectivity index (χ4n) is 2.40. The van der Waals surface area contributed by atoms with E-state index in [0.29, 0.717) is 5.41 Å². The zero-order valence-electron chi connectivity index (χ0n) is 11.2. The maximum Gasteiger partial charge on any atom is 0.0573 e. The molecule has 2 heterocycles. The Labute approximate surface area is 104 Å². The van der Waals surface area contributed by atoms with Crippen LogP contribution in [-0.2, 0) is 0 Å². The first-order chi connectivity index (χ1) is 8.17. The van der Waals surface area contributed by atoms with Crippen LogP contribution in [0.3, 0.4) is 0 Å². The Hall–Kier alpha value is -1.25. The summed E-state index contributed by atoms with van der Waals surface area (Å²) in [7, 11) is 1.94. The lowest BCUT2D eigenvalue weighted by Crippen LogP contribution is -2.38. The van der Waals surface area contributed by atoms with E-state index < -0.39 is 0 Å². The molecular weight excluding hydrogens is 210 g/mol. The Balaban J connectivity index is 2.05. The largest absolute Gasteiger partial charge is 0.387 e. The molecule has 1 aliphatic rings. The number of hydrogen-bond donors (Lipinski definition) is 1. The second-order valence-corrected chi connectivity index (χ2v) is 5.33. The first-order valence-electron chi connectivity index (χ1n) is 6.54. The average Bonchev–Trinajstić information content (AvgIpc) is 2.40. The monoisotopic (exact) mass is 233 g/mol. The summed E-state index contributed by atoms with van der Waals surface area (Å²) in [5.41, 5.74) is 2.88. The quantitative estimate of drug-likeness (QED) is 0.869. The van der Waals surface area contributed by atoms with Gasteiger partial charge in [0.1, 0.15) is 0 Å². The van der Waals surface area contributed by atoms with E-state index in [1.165, 1.54) is 24.9 Å². The van der Waals surface area contributed by atoms with Crippen LogP contribution in [0.25, 0.3) is 0 Å². The molecule has 0 radical (unpaired) electrons. The third kappa shape index (κ3) is 2.71. The lowest BCUT2D eigenvalue weighted by atomic mass is 9.78.